The molecule has 1 aromatic carbocycles. The third-order valence-corrected chi connectivity index (χ3v) is 2.73. The standard InChI is InChI=1S/C13H11F3N2O/c14-13(15,16)9-1-2-10(11(17)7-9)12(19)8-3-5-18-6-4-8/h1-7,12,19H,17H2. The largest absolute Gasteiger partial charge is 0.416 e. The van der Waals surface area contributed by atoms with Gasteiger partial charge in [0.1, 0.15) is 6.10 Å². The maximum absolute atomic E-state index is 12.5. The van der Waals surface area contributed by atoms with Crippen LogP contribution in [0.15, 0.2) is 42.7 Å². The number of aliphatic hydroxyl groups is 1. The second-order valence-electron chi connectivity index (χ2n) is 4.02. The van der Waals surface area contributed by atoms with Crippen molar-refractivity contribution in [3.63, 3.8) is 0 Å². The predicted octanol–water partition coefficient (Wildman–Crippen LogP) is 2.76. The number of nitrogens with two attached hydrogens (primary N) is 1. The second kappa shape index (κ2) is 4.89. The second-order valence-corrected chi connectivity index (χ2v) is 4.02. The number of pyridine rings is 1. The summed E-state index contributed by atoms with van der Waals surface area (Å²) in [6.07, 6.45) is -2.56. The van der Waals surface area contributed by atoms with E-state index in [1.165, 1.54) is 18.5 Å². The molecule has 3 N–H and O–H groups in total. The van der Waals surface area contributed by atoms with E-state index >= 15 is 0 Å². The molecule has 2 rings (SSSR count). The fourth-order valence-corrected chi connectivity index (χ4v) is 1.73. The van der Waals surface area contributed by atoms with Gasteiger partial charge in [-0.25, -0.2) is 0 Å². The molecule has 19 heavy (non-hydrogen) atoms. The molecule has 1 unspecified atom stereocenters. The predicted molar refractivity (Wildman–Crippen MR) is 64.2 cm³/mol. The summed E-state index contributed by atoms with van der Waals surface area (Å²) in [7, 11) is 0. The van der Waals surface area contributed by atoms with Gasteiger partial charge in [-0.05, 0) is 29.8 Å². The van der Waals surface area contributed by atoms with Crippen molar-refractivity contribution in [1.82, 2.24) is 4.98 Å². The Labute approximate surface area is 107 Å². The topological polar surface area (TPSA) is 59.1 Å². The molecular weight excluding hydrogens is 257 g/mol. The number of aliphatic hydroxyl groups excluding tert-OH is 1. The van der Waals surface area contributed by atoms with E-state index in [4.69, 9.17) is 5.73 Å². The molecule has 1 heterocycles. The van der Waals surface area contributed by atoms with Gasteiger partial charge >= 0.3 is 6.18 Å². The van der Waals surface area contributed by atoms with Crippen LogP contribution in [-0.2, 0) is 6.18 Å². The quantitative estimate of drug-likeness (QED) is 0.823. The zero-order valence-corrected chi connectivity index (χ0v) is 9.72. The molecule has 1 aromatic heterocycles. The molecule has 0 radical (unpaired) electrons. The Morgan fingerprint density at radius 3 is 2.26 bits per heavy atom. The summed E-state index contributed by atoms with van der Waals surface area (Å²) in [4.78, 5) is 3.80. The van der Waals surface area contributed by atoms with Crippen LogP contribution in [0.1, 0.15) is 22.8 Å². The van der Waals surface area contributed by atoms with E-state index in [0.717, 1.165) is 12.1 Å². The number of nitrogen functional groups attached to an aromatic ring is 1. The normalized spacial score (nSPS) is 13.3. The molecule has 0 saturated carbocycles. The van der Waals surface area contributed by atoms with E-state index < -0.39 is 17.8 Å². The highest BCUT2D eigenvalue weighted by Crippen LogP contribution is 2.34. The van der Waals surface area contributed by atoms with Gasteiger partial charge in [-0.3, -0.25) is 4.98 Å². The Kier molecular flexibility index (Phi) is 3.44. The fourth-order valence-electron chi connectivity index (χ4n) is 1.73. The maximum atomic E-state index is 12.5. The number of hydrogen-bond donors (Lipinski definition) is 2. The van der Waals surface area contributed by atoms with Crippen LogP contribution < -0.4 is 5.73 Å². The van der Waals surface area contributed by atoms with Crippen LogP contribution in [0.25, 0.3) is 0 Å². The lowest BCUT2D eigenvalue weighted by Gasteiger charge is -2.15. The summed E-state index contributed by atoms with van der Waals surface area (Å²) in [5.74, 6) is 0. The van der Waals surface area contributed by atoms with E-state index in [-0.39, 0.29) is 11.3 Å². The number of benzene rings is 1. The van der Waals surface area contributed by atoms with Crippen molar-refractivity contribution in [2.24, 2.45) is 0 Å². The third kappa shape index (κ3) is 2.85. The van der Waals surface area contributed by atoms with Gasteiger partial charge in [-0.2, -0.15) is 13.2 Å². The highest BCUT2D eigenvalue weighted by Gasteiger charge is 2.31. The zero-order chi connectivity index (χ0) is 14.0. The van der Waals surface area contributed by atoms with Gasteiger partial charge in [0.05, 0.1) is 5.56 Å². The van der Waals surface area contributed by atoms with E-state index in [1.54, 1.807) is 12.1 Å². The molecule has 0 fully saturated rings. The molecule has 1 atom stereocenters. The third-order valence-electron chi connectivity index (χ3n) is 2.73. The minimum Gasteiger partial charge on any atom is -0.398 e. The van der Waals surface area contributed by atoms with Gasteiger partial charge in [0, 0.05) is 23.6 Å². The van der Waals surface area contributed by atoms with Crippen LogP contribution in [0.4, 0.5) is 18.9 Å². The number of nitrogens with zero attached hydrogens (tertiary/aromatic N) is 1. The van der Waals surface area contributed by atoms with Gasteiger partial charge in [0.15, 0.2) is 0 Å². The molecule has 0 aliphatic rings. The van der Waals surface area contributed by atoms with Crippen molar-refractivity contribution in [3.8, 4) is 0 Å². The fraction of sp³-hybridized carbons (Fsp3) is 0.154. The molecule has 6 heteroatoms. The van der Waals surface area contributed by atoms with E-state index in [0.29, 0.717) is 5.56 Å². The SMILES string of the molecule is Nc1cc(C(F)(F)F)ccc1C(O)c1ccncc1. The van der Waals surface area contributed by atoms with Crippen LogP contribution >= 0.6 is 0 Å². The van der Waals surface area contributed by atoms with Crippen molar-refractivity contribution in [1.29, 1.82) is 0 Å². The summed E-state index contributed by atoms with van der Waals surface area (Å²) in [6.45, 7) is 0. The van der Waals surface area contributed by atoms with E-state index in [9.17, 15) is 18.3 Å². The number of aromatic nitrogens is 1. The molecule has 0 spiro atoms. The Morgan fingerprint density at radius 2 is 1.74 bits per heavy atom. The van der Waals surface area contributed by atoms with Gasteiger partial charge in [0.2, 0.25) is 0 Å². The first kappa shape index (κ1) is 13.4. The van der Waals surface area contributed by atoms with Gasteiger partial charge in [-0.1, -0.05) is 6.07 Å². The van der Waals surface area contributed by atoms with Gasteiger partial charge in [0.25, 0.3) is 0 Å². The van der Waals surface area contributed by atoms with Crippen LogP contribution in [-0.4, -0.2) is 10.1 Å². The molecule has 0 bridgehead atoms. The summed E-state index contributed by atoms with van der Waals surface area (Å²) in [5, 5.41) is 10.1. The average Bonchev–Trinajstić information content (AvgIpc) is 2.38. The summed E-state index contributed by atoms with van der Waals surface area (Å²) >= 11 is 0. The molecule has 0 amide bonds. The van der Waals surface area contributed by atoms with Crippen LogP contribution in [0, 0.1) is 0 Å². The van der Waals surface area contributed by atoms with Crippen LogP contribution in [0.2, 0.25) is 0 Å². The average molecular weight is 268 g/mol. The smallest absolute Gasteiger partial charge is 0.398 e. The van der Waals surface area contributed by atoms with E-state index in [2.05, 4.69) is 4.98 Å². The molecule has 0 aliphatic carbocycles. The Morgan fingerprint density at radius 1 is 1.11 bits per heavy atom. The van der Waals surface area contributed by atoms with Crippen molar-refractivity contribution in [2.75, 3.05) is 5.73 Å². The lowest BCUT2D eigenvalue weighted by atomic mass is 9.99. The van der Waals surface area contributed by atoms with Crippen molar-refractivity contribution < 1.29 is 18.3 Å². The van der Waals surface area contributed by atoms with Gasteiger partial charge in [-0.15, -0.1) is 0 Å². The number of hydrogen-bond acceptors (Lipinski definition) is 3. The highest BCUT2D eigenvalue weighted by atomic mass is 19.4. The number of rotatable bonds is 2. The lowest BCUT2D eigenvalue weighted by Crippen LogP contribution is -2.09. The van der Waals surface area contributed by atoms with Crippen LogP contribution in [0.5, 0.6) is 0 Å². The maximum Gasteiger partial charge on any atom is 0.416 e. The Hall–Kier alpha value is -2.08. The minimum absolute atomic E-state index is 0.0980. The zero-order valence-electron chi connectivity index (χ0n) is 9.72. The van der Waals surface area contributed by atoms with Crippen LogP contribution in [0.3, 0.4) is 0 Å². The first-order valence-corrected chi connectivity index (χ1v) is 5.44. The minimum atomic E-state index is -4.45. The molecule has 2 aromatic rings. The molecule has 0 saturated heterocycles. The molecule has 100 valence electrons. The molecule has 3 nitrogen and oxygen atoms in total. The first-order valence-electron chi connectivity index (χ1n) is 5.44. The Bertz CT molecular complexity index is 570. The highest BCUT2D eigenvalue weighted by molar-refractivity contribution is 5.53. The molecule has 0 aliphatic heterocycles. The van der Waals surface area contributed by atoms with Crippen molar-refractivity contribution in [3.05, 3.63) is 59.4 Å². The molecular formula is C13H11F3N2O. The van der Waals surface area contributed by atoms with Gasteiger partial charge < -0.3 is 10.8 Å². The number of halogens is 3. The first-order chi connectivity index (χ1) is 8.89. The summed E-state index contributed by atoms with van der Waals surface area (Å²) in [5.41, 5.74) is 5.40. The van der Waals surface area contributed by atoms with Crippen molar-refractivity contribution in [2.45, 2.75) is 12.3 Å². The summed E-state index contributed by atoms with van der Waals surface area (Å²) < 4.78 is 37.5. The van der Waals surface area contributed by atoms with Crippen molar-refractivity contribution >= 4 is 5.69 Å². The monoisotopic (exact) mass is 268 g/mol. The number of anilines is 1. The number of alkyl halides is 3. The summed E-state index contributed by atoms with van der Waals surface area (Å²) in [6, 6.07) is 6.04. The lowest BCUT2D eigenvalue weighted by molar-refractivity contribution is -0.137. The Balaban J connectivity index is 2.37. The van der Waals surface area contributed by atoms with E-state index in [1.807, 2.05) is 0 Å².